The predicted molar refractivity (Wildman–Crippen MR) is 93.5 cm³/mol. The van der Waals surface area contributed by atoms with Gasteiger partial charge in [-0.3, -0.25) is 0 Å². The van der Waals surface area contributed by atoms with Gasteiger partial charge in [0.25, 0.3) is 5.79 Å². The van der Waals surface area contributed by atoms with Crippen molar-refractivity contribution in [2.45, 2.75) is 19.6 Å². The van der Waals surface area contributed by atoms with Crippen LogP contribution in [0.1, 0.15) is 24.4 Å². The first-order chi connectivity index (χ1) is 12.8. The van der Waals surface area contributed by atoms with E-state index >= 15 is 0 Å². The van der Waals surface area contributed by atoms with Crippen LogP contribution < -0.4 is 5.32 Å². The SMILES string of the molecule is COC(=O)c1ccc(-c2cccc(NC=C3C(=O)OC(C)(C)OC3=O)c2)o1. The maximum Gasteiger partial charge on any atom is 0.373 e. The third kappa shape index (κ3) is 4.00. The van der Waals surface area contributed by atoms with E-state index in [1.54, 1.807) is 30.3 Å². The first-order valence-electron chi connectivity index (χ1n) is 8.01. The first kappa shape index (κ1) is 18.2. The molecule has 3 rings (SSSR count). The Morgan fingerprint density at radius 3 is 2.48 bits per heavy atom. The minimum atomic E-state index is -1.29. The molecule has 1 saturated heterocycles. The Hall–Kier alpha value is -3.55. The molecule has 0 radical (unpaired) electrons. The highest BCUT2D eigenvalue weighted by Gasteiger charge is 2.38. The van der Waals surface area contributed by atoms with Gasteiger partial charge in [-0.25, -0.2) is 14.4 Å². The zero-order valence-electron chi connectivity index (χ0n) is 14.9. The third-order valence-corrected chi connectivity index (χ3v) is 3.64. The van der Waals surface area contributed by atoms with Gasteiger partial charge in [0.2, 0.25) is 5.76 Å². The van der Waals surface area contributed by atoms with Crippen molar-refractivity contribution >= 4 is 23.6 Å². The Kier molecular flexibility index (Phi) is 4.72. The number of benzene rings is 1. The van der Waals surface area contributed by atoms with Crippen LogP contribution >= 0.6 is 0 Å². The lowest BCUT2D eigenvalue weighted by Gasteiger charge is -2.29. The molecule has 1 aliphatic heterocycles. The quantitative estimate of drug-likeness (QED) is 0.497. The number of cyclic esters (lactones) is 2. The molecule has 1 aliphatic rings. The fourth-order valence-electron chi connectivity index (χ4n) is 2.40. The molecule has 8 nitrogen and oxygen atoms in total. The van der Waals surface area contributed by atoms with Gasteiger partial charge in [-0.1, -0.05) is 12.1 Å². The highest BCUT2D eigenvalue weighted by Crippen LogP contribution is 2.26. The number of hydrogen-bond acceptors (Lipinski definition) is 8. The second-order valence-electron chi connectivity index (χ2n) is 6.12. The standard InChI is InChI=1S/C19H17NO7/c1-19(2)26-16(21)13(17(22)27-19)10-20-12-6-4-5-11(9-12)14-7-8-15(25-14)18(23)24-3/h4-10,20H,1-3H3. The van der Waals surface area contributed by atoms with Crippen molar-refractivity contribution in [2.24, 2.45) is 0 Å². The number of carbonyl (C=O) groups excluding carboxylic acids is 3. The number of anilines is 1. The monoisotopic (exact) mass is 371 g/mol. The second-order valence-corrected chi connectivity index (χ2v) is 6.12. The van der Waals surface area contributed by atoms with Crippen LogP contribution in [0.2, 0.25) is 0 Å². The summed E-state index contributed by atoms with van der Waals surface area (Å²) in [6, 6.07) is 10.1. The minimum Gasteiger partial charge on any atom is -0.463 e. The van der Waals surface area contributed by atoms with Crippen LogP contribution in [-0.2, 0) is 23.8 Å². The number of carbonyl (C=O) groups is 3. The normalized spacial score (nSPS) is 15.6. The maximum absolute atomic E-state index is 11.9. The van der Waals surface area contributed by atoms with Crippen molar-refractivity contribution in [1.82, 2.24) is 0 Å². The Bertz CT molecular complexity index is 917. The average Bonchev–Trinajstić information content (AvgIpc) is 3.10. The number of rotatable bonds is 4. The van der Waals surface area contributed by atoms with E-state index in [4.69, 9.17) is 13.9 Å². The van der Waals surface area contributed by atoms with Gasteiger partial charge in [0.05, 0.1) is 7.11 Å². The smallest absolute Gasteiger partial charge is 0.373 e. The van der Waals surface area contributed by atoms with E-state index in [0.29, 0.717) is 17.0 Å². The maximum atomic E-state index is 11.9. The Labute approximate surface area is 154 Å². The summed E-state index contributed by atoms with van der Waals surface area (Å²) in [7, 11) is 1.27. The van der Waals surface area contributed by atoms with E-state index in [-0.39, 0.29) is 11.3 Å². The van der Waals surface area contributed by atoms with Crippen LogP contribution in [0.3, 0.4) is 0 Å². The van der Waals surface area contributed by atoms with E-state index in [0.717, 1.165) is 0 Å². The van der Waals surface area contributed by atoms with E-state index in [1.807, 2.05) is 0 Å². The zero-order valence-corrected chi connectivity index (χ0v) is 14.9. The van der Waals surface area contributed by atoms with E-state index in [1.165, 1.54) is 33.2 Å². The number of nitrogens with one attached hydrogen (secondary N) is 1. The lowest BCUT2D eigenvalue weighted by atomic mass is 10.1. The van der Waals surface area contributed by atoms with Crippen LogP contribution in [0.25, 0.3) is 11.3 Å². The van der Waals surface area contributed by atoms with Gasteiger partial charge >= 0.3 is 17.9 Å². The van der Waals surface area contributed by atoms with E-state index < -0.39 is 23.7 Å². The molecule has 8 heteroatoms. The van der Waals surface area contributed by atoms with Crippen molar-refractivity contribution in [3.8, 4) is 11.3 Å². The number of esters is 3. The van der Waals surface area contributed by atoms with Crippen molar-refractivity contribution in [3.63, 3.8) is 0 Å². The minimum absolute atomic E-state index is 0.0864. The van der Waals surface area contributed by atoms with Crippen molar-refractivity contribution < 1.29 is 33.0 Å². The summed E-state index contributed by atoms with van der Waals surface area (Å²) in [5, 5.41) is 2.86. The molecular weight excluding hydrogens is 354 g/mol. The third-order valence-electron chi connectivity index (χ3n) is 3.64. The summed E-state index contributed by atoms with van der Waals surface area (Å²) in [6.07, 6.45) is 1.22. The van der Waals surface area contributed by atoms with Gasteiger partial charge < -0.3 is 23.9 Å². The molecule has 1 fully saturated rings. The highest BCUT2D eigenvalue weighted by atomic mass is 16.7. The van der Waals surface area contributed by atoms with E-state index in [2.05, 4.69) is 10.1 Å². The summed E-state index contributed by atoms with van der Waals surface area (Å²) in [4.78, 5) is 35.4. The van der Waals surface area contributed by atoms with Gasteiger partial charge in [0, 0.05) is 31.3 Å². The molecule has 0 spiro atoms. The largest absolute Gasteiger partial charge is 0.463 e. The van der Waals surface area contributed by atoms with Crippen LogP contribution in [0.15, 0.2) is 52.6 Å². The molecule has 2 heterocycles. The molecule has 27 heavy (non-hydrogen) atoms. The zero-order chi connectivity index (χ0) is 19.6. The highest BCUT2D eigenvalue weighted by molar-refractivity contribution is 6.15. The van der Waals surface area contributed by atoms with Gasteiger partial charge in [-0.2, -0.15) is 0 Å². The predicted octanol–water partition coefficient (Wildman–Crippen LogP) is 2.87. The first-order valence-corrected chi connectivity index (χ1v) is 8.01. The number of furan rings is 1. The lowest BCUT2D eigenvalue weighted by Crippen LogP contribution is -2.42. The van der Waals surface area contributed by atoms with Crippen molar-refractivity contribution in [2.75, 3.05) is 12.4 Å². The number of ether oxygens (including phenoxy) is 3. The molecule has 0 aliphatic carbocycles. The van der Waals surface area contributed by atoms with Crippen LogP contribution in [0.5, 0.6) is 0 Å². The number of hydrogen-bond donors (Lipinski definition) is 1. The lowest BCUT2D eigenvalue weighted by molar-refractivity contribution is -0.222. The Morgan fingerprint density at radius 2 is 1.81 bits per heavy atom. The molecule has 140 valence electrons. The molecule has 1 N–H and O–H groups in total. The van der Waals surface area contributed by atoms with Crippen LogP contribution in [0.4, 0.5) is 5.69 Å². The topological polar surface area (TPSA) is 104 Å². The fourth-order valence-corrected chi connectivity index (χ4v) is 2.40. The van der Waals surface area contributed by atoms with Gasteiger partial charge in [0.1, 0.15) is 5.76 Å². The average molecular weight is 371 g/mol. The van der Waals surface area contributed by atoms with E-state index in [9.17, 15) is 14.4 Å². The van der Waals surface area contributed by atoms with Crippen LogP contribution in [0, 0.1) is 0 Å². The van der Waals surface area contributed by atoms with Gasteiger partial charge in [-0.15, -0.1) is 0 Å². The summed E-state index contributed by atoms with van der Waals surface area (Å²) < 4.78 is 20.1. The van der Waals surface area contributed by atoms with Crippen molar-refractivity contribution in [1.29, 1.82) is 0 Å². The van der Waals surface area contributed by atoms with Gasteiger partial charge in [0.15, 0.2) is 5.57 Å². The molecule has 2 aromatic rings. The second kappa shape index (κ2) is 6.99. The molecule has 0 unspecified atom stereocenters. The molecule has 0 bridgehead atoms. The molecule has 1 aromatic heterocycles. The van der Waals surface area contributed by atoms with Crippen LogP contribution in [-0.4, -0.2) is 30.8 Å². The van der Waals surface area contributed by atoms with Crippen molar-refractivity contribution in [3.05, 3.63) is 53.9 Å². The Morgan fingerprint density at radius 1 is 1.11 bits per heavy atom. The number of methoxy groups -OCH3 is 1. The molecular formula is C19H17NO7. The summed E-state index contributed by atoms with van der Waals surface area (Å²) in [6.45, 7) is 2.95. The molecule has 0 amide bonds. The van der Waals surface area contributed by atoms with Gasteiger partial charge in [-0.05, 0) is 24.3 Å². The molecule has 0 saturated carbocycles. The fraction of sp³-hybridized carbons (Fsp3) is 0.211. The summed E-state index contributed by atoms with van der Waals surface area (Å²) >= 11 is 0. The molecule has 1 aromatic carbocycles. The molecule has 0 atom stereocenters. The summed E-state index contributed by atoms with van der Waals surface area (Å²) in [5.41, 5.74) is 1.02. The Balaban J connectivity index is 1.78. The summed E-state index contributed by atoms with van der Waals surface area (Å²) in [5.74, 6) is -2.85.